The molecule has 2 N–H and O–H groups in total. The van der Waals surface area contributed by atoms with Gasteiger partial charge in [0.15, 0.2) is 23.0 Å². The van der Waals surface area contributed by atoms with Crippen LogP contribution < -0.4 is 29.6 Å². The first-order chi connectivity index (χ1) is 13.3. The van der Waals surface area contributed by atoms with Gasteiger partial charge < -0.3 is 29.6 Å². The number of benzene rings is 2. The van der Waals surface area contributed by atoms with E-state index in [1.807, 2.05) is 36.4 Å². The summed E-state index contributed by atoms with van der Waals surface area (Å²) in [6.07, 6.45) is 0.716. The van der Waals surface area contributed by atoms with E-state index in [2.05, 4.69) is 10.6 Å². The highest BCUT2D eigenvalue weighted by Gasteiger charge is 2.13. The Morgan fingerprint density at radius 1 is 0.741 bits per heavy atom. The summed E-state index contributed by atoms with van der Waals surface area (Å²) in [6.45, 7) is 3.22. The number of fused-ring (bicyclic) bond motifs is 2. The predicted molar refractivity (Wildman–Crippen MR) is 98.8 cm³/mol. The quantitative estimate of drug-likeness (QED) is 0.844. The van der Waals surface area contributed by atoms with Crippen molar-refractivity contribution in [1.82, 2.24) is 10.6 Å². The van der Waals surface area contributed by atoms with Crippen molar-refractivity contribution in [3.8, 4) is 23.0 Å². The molecule has 0 radical (unpaired) electrons. The van der Waals surface area contributed by atoms with Gasteiger partial charge >= 0.3 is 6.03 Å². The average molecular weight is 370 g/mol. The molecule has 0 saturated carbocycles. The summed E-state index contributed by atoms with van der Waals surface area (Å²) in [5, 5.41) is 5.72. The molecule has 2 aromatic rings. The zero-order chi connectivity index (χ0) is 18.5. The Bertz CT molecular complexity index is 824. The Morgan fingerprint density at radius 2 is 1.30 bits per heavy atom. The van der Waals surface area contributed by atoms with Crippen molar-refractivity contribution < 1.29 is 23.7 Å². The molecule has 7 nitrogen and oxygen atoms in total. The second-order valence-corrected chi connectivity index (χ2v) is 6.32. The van der Waals surface area contributed by atoms with Crippen LogP contribution in [-0.4, -0.2) is 39.0 Å². The number of urea groups is 1. The molecule has 0 aromatic heterocycles. The Kier molecular flexibility index (Phi) is 5.18. The molecule has 0 spiro atoms. The van der Waals surface area contributed by atoms with Crippen LogP contribution in [0.2, 0.25) is 0 Å². The molecule has 0 atom stereocenters. The third-order valence-corrected chi connectivity index (χ3v) is 4.37. The summed E-state index contributed by atoms with van der Waals surface area (Å²) in [4.78, 5) is 12.0. The summed E-state index contributed by atoms with van der Waals surface area (Å²) in [5.41, 5.74) is 2.05. The van der Waals surface area contributed by atoms with Crippen molar-refractivity contribution in [2.45, 2.75) is 13.0 Å². The zero-order valence-electron chi connectivity index (χ0n) is 15.0. The van der Waals surface area contributed by atoms with Crippen LogP contribution in [0.25, 0.3) is 0 Å². The van der Waals surface area contributed by atoms with Gasteiger partial charge in [-0.15, -0.1) is 0 Å². The van der Waals surface area contributed by atoms with Crippen LogP contribution in [0, 0.1) is 0 Å². The minimum absolute atomic E-state index is 0.206. The number of carbonyl (C=O) groups is 1. The fourth-order valence-electron chi connectivity index (χ4n) is 3.01. The molecule has 0 fully saturated rings. The van der Waals surface area contributed by atoms with E-state index in [1.54, 1.807) is 0 Å². The van der Waals surface area contributed by atoms with Crippen molar-refractivity contribution in [2.24, 2.45) is 0 Å². The lowest BCUT2D eigenvalue weighted by Gasteiger charge is -2.19. The van der Waals surface area contributed by atoms with Crippen molar-refractivity contribution in [1.29, 1.82) is 0 Å². The molecule has 2 aliphatic rings. The van der Waals surface area contributed by atoms with E-state index >= 15 is 0 Å². The minimum atomic E-state index is -0.206. The van der Waals surface area contributed by atoms with Gasteiger partial charge in [0.2, 0.25) is 0 Å². The van der Waals surface area contributed by atoms with Crippen LogP contribution in [0.4, 0.5) is 4.79 Å². The lowest BCUT2D eigenvalue weighted by molar-refractivity contribution is 0.171. The molecule has 0 bridgehead atoms. The van der Waals surface area contributed by atoms with Crippen LogP contribution in [0.15, 0.2) is 36.4 Å². The Labute approximate surface area is 157 Å². The second-order valence-electron chi connectivity index (χ2n) is 6.32. The Hall–Kier alpha value is -3.09. The van der Waals surface area contributed by atoms with E-state index in [0.717, 1.165) is 34.1 Å². The van der Waals surface area contributed by atoms with Gasteiger partial charge in [0.05, 0.1) is 0 Å². The Morgan fingerprint density at radius 3 is 1.96 bits per heavy atom. The van der Waals surface area contributed by atoms with Crippen LogP contribution in [-0.2, 0) is 13.0 Å². The SMILES string of the molecule is O=C(NCCc1ccc2c(c1)OCCO2)NCc1ccc2c(c1)OCCO2. The van der Waals surface area contributed by atoms with Crippen LogP contribution in [0.5, 0.6) is 23.0 Å². The van der Waals surface area contributed by atoms with Crippen LogP contribution in [0.1, 0.15) is 11.1 Å². The van der Waals surface area contributed by atoms with Gasteiger partial charge in [-0.3, -0.25) is 0 Å². The van der Waals surface area contributed by atoms with Crippen LogP contribution >= 0.6 is 0 Å². The molecule has 142 valence electrons. The lowest BCUT2D eigenvalue weighted by atomic mass is 10.1. The van der Waals surface area contributed by atoms with E-state index in [1.165, 1.54) is 0 Å². The number of rotatable bonds is 5. The van der Waals surface area contributed by atoms with E-state index in [4.69, 9.17) is 18.9 Å². The number of amides is 2. The normalized spacial score (nSPS) is 14.4. The predicted octanol–water partition coefficient (Wildman–Crippen LogP) is 2.27. The van der Waals surface area contributed by atoms with E-state index < -0.39 is 0 Å². The monoisotopic (exact) mass is 370 g/mol. The van der Waals surface area contributed by atoms with Gasteiger partial charge in [-0.1, -0.05) is 12.1 Å². The van der Waals surface area contributed by atoms with Crippen molar-refractivity contribution in [3.05, 3.63) is 47.5 Å². The van der Waals surface area contributed by atoms with Gasteiger partial charge in [-0.25, -0.2) is 4.79 Å². The zero-order valence-corrected chi connectivity index (χ0v) is 15.0. The highest BCUT2D eigenvalue weighted by molar-refractivity contribution is 5.73. The third-order valence-electron chi connectivity index (χ3n) is 4.37. The van der Waals surface area contributed by atoms with Gasteiger partial charge in [-0.2, -0.15) is 0 Å². The second kappa shape index (κ2) is 8.07. The lowest BCUT2D eigenvalue weighted by Crippen LogP contribution is -2.36. The van der Waals surface area contributed by atoms with Crippen molar-refractivity contribution >= 4 is 6.03 Å². The maximum Gasteiger partial charge on any atom is 0.315 e. The highest BCUT2D eigenvalue weighted by Crippen LogP contribution is 2.31. The summed E-state index contributed by atoms with van der Waals surface area (Å²) >= 11 is 0. The summed E-state index contributed by atoms with van der Waals surface area (Å²) in [5.74, 6) is 3.00. The average Bonchev–Trinajstić information content (AvgIpc) is 2.72. The Balaban J connectivity index is 1.22. The molecule has 2 aliphatic heterocycles. The number of ether oxygens (including phenoxy) is 4. The molecule has 27 heavy (non-hydrogen) atoms. The van der Waals surface area contributed by atoms with Gasteiger partial charge in [0.1, 0.15) is 26.4 Å². The van der Waals surface area contributed by atoms with Gasteiger partial charge in [0, 0.05) is 13.1 Å². The molecule has 2 aromatic carbocycles. The first-order valence-electron chi connectivity index (χ1n) is 9.07. The van der Waals surface area contributed by atoms with Gasteiger partial charge in [-0.05, 0) is 41.8 Å². The molecule has 0 aliphatic carbocycles. The number of carbonyl (C=O) groups excluding carboxylic acids is 1. The standard InChI is InChI=1S/C20H22N2O5/c23-20(22-13-15-2-4-17-19(12-15)27-10-8-25-17)21-6-5-14-1-3-16-18(11-14)26-9-7-24-16/h1-4,11-12H,5-10,13H2,(H2,21,22,23). The maximum atomic E-state index is 12.0. The number of nitrogens with one attached hydrogen (secondary N) is 2. The summed E-state index contributed by atoms with van der Waals surface area (Å²) < 4.78 is 22.1. The summed E-state index contributed by atoms with van der Waals surface area (Å²) in [7, 11) is 0. The van der Waals surface area contributed by atoms with E-state index in [9.17, 15) is 4.79 Å². The number of hydrogen-bond acceptors (Lipinski definition) is 5. The molecular weight excluding hydrogens is 348 g/mol. The van der Waals surface area contributed by atoms with Crippen molar-refractivity contribution in [3.63, 3.8) is 0 Å². The molecule has 0 unspecified atom stereocenters. The van der Waals surface area contributed by atoms with Crippen molar-refractivity contribution in [2.75, 3.05) is 33.0 Å². The van der Waals surface area contributed by atoms with E-state index in [-0.39, 0.29) is 6.03 Å². The fraction of sp³-hybridized carbons (Fsp3) is 0.350. The largest absolute Gasteiger partial charge is 0.486 e. The fourth-order valence-corrected chi connectivity index (χ4v) is 3.01. The molecule has 7 heteroatoms. The maximum absolute atomic E-state index is 12.0. The topological polar surface area (TPSA) is 78.1 Å². The molecule has 2 heterocycles. The first-order valence-corrected chi connectivity index (χ1v) is 9.07. The third kappa shape index (κ3) is 4.36. The highest BCUT2D eigenvalue weighted by atomic mass is 16.6. The minimum Gasteiger partial charge on any atom is -0.486 e. The molecule has 0 saturated heterocycles. The molecule has 2 amide bonds. The molecule has 4 rings (SSSR count). The first kappa shape index (κ1) is 17.3. The van der Waals surface area contributed by atoms with Gasteiger partial charge in [0.25, 0.3) is 0 Å². The van der Waals surface area contributed by atoms with E-state index in [0.29, 0.717) is 45.9 Å². The smallest absolute Gasteiger partial charge is 0.315 e. The number of hydrogen-bond donors (Lipinski definition) is 2. The summed E-state index contributed by atoms with van der Waals surface area (Å²) in [6, 6.07) is 11.3. The molecular formula is C20H22N2O5. The van der Waals surface area contributed by atoms with Crippen LogP contribution in [0.3, 0.4) is 0 Å².